The highest BCUT2D eigenvalue weighted by Gasteiger charge is 2.50. The largest absolute Gasteiger partial charge is 0.325 e. The quantitative estimate of drug-likeness (QED) is 0.805. The summed E-state index contributed by atoms with van der Waals surface area (Å²) < 4.78 is 0. The monoisotopic (exact) mass is 277 g/mol. The first kappa shape index (κ1) is 13.0. The van der Waals surface area contributed by atoms with E-state index in [4.69, 9.17) is 11.6 Å². The molecule has 1 aliphatic carbocycles. The van der Waals surface area contributed by atoms with E-state index >= 15 is 0 Å². The number of rotatable bonds is 2. The van der Waals surface area contributed by atoms with E-state index in [9.17, 15) is 4.79 Å². The third-order valence-electron chi connectivity index (χ3n) is 4.79. The van der Waals surface area contributed by atoms with Crippen LogP contribution in [-0.4, -0.2) is 5.91 Å². The van der Waals surface area contributed by atoms with Crippen molar-refractivity contribution in [1.82, 2.24) is 0 Å². The van der Waals surface area contributed by atoms with Gasteiger partial charge < -0.3 is 5.32 Å². The summed E-state index contributed by atoms with van der Waals surface area (Å²) in [5.74, 6) is 0.609. The van der Waals surface area contributed by atoms with Gasteiger partial charge in [-0.15, -0.1) is 11.6 Å². The van der Waals surface area contributed by atoms with Crippen LogP contribution in [0.25, 0.3) is 0 Å². The van der Waals surface area contributed by atoms with Gasteiger partial charge in [0.2, 0.25) is 5.91 Å². The van der Waals surface area contributed by atoms with Gasteiger partial charge >= 0.3 is 0 Å². The predicted octanol–water partition coefficient (Wildman–Crippen LogP) is 4.24. The van der Waals surface area contributed by atoms with E-state index < -0.39 is 5.41 Å². The van der Waals surface area contributed by atoms with Crippen LogP contribution in [0.5, 0.6) is 0 Å². The Morgan fingerprint density at radius 3 is 2.53 bits per heavy atom. The minimum Gasteiger partial charge on any atom is -0.325 e. The van der Waals surface area contributed by atoms with Crippen LogP contribution in [0.3, 0.4) is 0 Å². The topological polar surface area (TPSA) is 29.1 Å². The molecule has 3 rings (SSSR count). The smallest absolute Gasteiger partial charge is 0.234 e. The molecular weight excluding hydrogens is 258 g/mol. The fourth-order valence-electron chi connectivity index (χ4n) is 3.00. The van der Waals surface area contributed by atoms with Crippen molar-refractivity contribution < 1.29 is 4.79 Å². The van der Waals surface area contributed by atoms with Gasteiger partial charge in [-0.05, 0) is 48.8 Å². The highest BCUT2D eigenvalue weighted by atomic mass is 35.5. The Hall–Kier alpha value is -1.02. The minimum atomic E-state index is -0.457. The number of benzene rings is 1. The molecule has 2 unspecified atom stereocenters. The van der Waals surface area contributed by atoms with Crippen molar-refractivity contribution in [2.24, 2.45) is 11.3 Å². The van der Waals surface area contributed by atoms with Crippen LogP contribution < -0.4 is 5.32 Å². The number of carbonyl (C=O) groups is 1. The zero-order valence-electron chi connectivity index (χ0n) is 11.9. The lowest BCUT2D eigenvalue weighted by Gasteiger charge is -2.18. The molecule has 102 valence electrons. The Balaban J connectivity index is 1.95. The summed E-state index contributed by atoms with van der Waals surface area (Å²) in [4.78, 5) is 11.9. The van der Waals surface area contributed by atoms with Crippen LogP contribution in [0.15, 0.2) is 18.2 Å². The standard InChI is InChI=1S/C16H20ClNO/c1-15(2)8-11(15)13(17)9-5-6-12-10(7-9)16(3,4)14(19)18-12/h5-7,11,13H,8H2,1-4H3,(H,18,19). The maximum atomic E-state index is 11.9. The maximum absolute atomic E-state index is 11.9. The number of hydrogen-bond acceptors (Lipinski definition) is 1. The fraction of sp³-hybridized carbons (Fsp3) is 0.562. The number of anilines is 1. The number of fused-ring (bicyclic) bond motifs is 1. The van der Waals surface area contributed by atoms with E-state index in [1.807, 2.05) is 26.0 Å². The lowest BCUT2D eigenvalue weighted by molar-refractivity contribution is -0.119. The zero-order valence-corrected chi connectivity index (χ0v) is 12.6. The molecule has 2 aliphatic rings. The first-order chi connectivity index (χ1) is 8.73. The van der Waals surface area contributed by atoms with Gasteiger partial charge in [-0.3, -0.25) is 4.79 Å². The summed E-state index contributed by atoms with van der Waals surface area (Å²) in [7, 11) is 0. The van der Waals surface area contributed by atoms with Crippen LogP contribution in [-0.2, 0) is 10.2 Å². The second-order valence-electron chi connectivity index (χ2n) is 7.09. The van der Waals surface area contributed by atoms with Crippen molar-refractivity contribution in [3.8, 4) is 0 Å². The molecule has 1 amide bonds. The number of hydrogen-bond donors (Lipinski definition) is 1. The molecule has 2 nitrogen and oxygen atoms in total. The molecule has 1 heterocycles. The van der Waals surface area contributed by atoms with E-state index in [0.717, 1.165) is 16.8 Å². The van der Waals surface area contributed by atoms with Crippen LogP contribution in [0.2, 0.25) is 0 Å². The van der Waals surface area contributed by atoms with Gasteiger partial charge in [0.05, 0.1) is 10.8 Å². The average Bonchev–Trinajstić information content (AvgIpc) is 2.90. The summed E-state index contributed by atoms with van der Waals surface area (Å²) in [6.07, 6.45) is 1.18. The molecule has 3 heteroatoms. The van der Waals surface area contributed by atoms with E-state index in [1.54, 1.807) is 0 Å². The molecule has 1 saturated carbocycles. The van der Waals surface area contributed by atoms with Crippen molar-refractivity contribution >= 4 is 23.2 Å². The molecule has 1 fully saturated rings. The molecule has 0 aromatic heterocycles. The SMILES string of the molecule is CC1(C)C(=O)Nc2ccc(C(Cl)C3CC3(C)C)cc21. The molecule has 1 aromatic rings. The number of alkyl halides is 1. The van der Waals surface area contributed by atoms with Crippen molar-refractivity contribution in [1.29, 1.82) is 0 Å². The molecule has 0 bridgehead atoms. The highest BCUT2D eigenvalue weighted by molar-refractivity contribution is 6.21. The fourth-order valence-corrected chi connectivity index (χ4v) is 3.57. The molecular formula is C16H20ClNO. The molecule has 0 spiro atoms. The summed E-state index contributed by atoms with van der Waals surface area (Å²) in [5.41, 5.74) is 3.04. The molecule has 2 atom stereocenters. The molecule has 1 aromatic carbocycles. The number of carbonyl (C=O) groups excluding carboxylic acids is 1. The van der Waals surface area contributed by atoms with Crippen molar-refractivity contribution in [3.05, 3.63) is 29.3 Å². The number of halogens is 1. The van der Waals surface area contributed by atoms with Gasteiger partial charge in [-0.2, -0.15) is 0 Å². The third kappa shape index (κ3) is 1.88. The normalized spacial score (nSPS) is 27.6. The predicted molar refractivity (Wildman–Crippen MR) is 78.6 cm³/mol. The molecule has 0 saturated heterocycles. The van der Waals surface area contributed by atoms with E-state index in [1.165, 1.54) is 6.42 Å². The molecule has 1 aliphatic heterocycles. The zero-order chi connectivity index (χ0) is 14.0. The summed E-state index contributed by atoms with van der Waals surface area (Å²) >= 11 is 6.61. The highest BCUT2D eigenvalue weighted by Crippen LogP contribution is 2.60. The number of nitrogens with one attached hydrogen (secondary N) is 1. The van der Waals surface area contributed by atoms with Crippen molar-refractivity contribution in [3.63, 3.8) is 0 Å². The van der Waals surface area contributed by atoms with E-state index in [2.05, 4.69) is 25.2 Å². The summed E-state index contributed by atoms with van der Waals surface area (Å²) in [6.45, 7) is 8.44. The summed E-state index contributed by atoms with van der Waals surface area (Å²) in [6, 6.07) is 6.15. The number of amides is 1. The first-order valence-corrected chi connectivity index (χ1v) is 7.27. The molecule has 1 N–H and O–H groups in total. The lowest BCUT2D eigenvalue weighted by atomic mass is 9.85. The van der Waals surface area contributed by atoms with Crippen LogP contribution in [0.1, 0.15) is 50.6 Å². The van der Waals surface area contributed by atoms with Gasteiger partial charge in [0.15, 0.2) is 0 Å². The molecule has 0 radical (unpaired) electrons. The Morgan fingerprint density at radius 2 is 1.95 bits per heavy atom. The second-order valence-corrected chi connectivity index (χ2v) is 7.56. The Bertz CT molecular complexity index is 562. The van der Waals surface area contributed by atoms with Gasteiger partial charge in [0.1, 0.15) is 0 Å². The van der Waals surface area contributed by atoms with Gasteiger partial charge in [0, 0.05) is 5.69 Å². The Morgan fingerprint density at radius 1 is 1.32 bits per heavy atom. The lowest BCUT2D eigenvalue weighted by Crippen LogP contribution is -2.26. The van der Waals surface area contributed by atoms with Gasteiger partial charge in [0.25, 0.3) is 0 Å². The van der Waals surface area contributed by atoms with Gasteiger partial charge in [-0.25, -0.2) is 0 Å². The van der Waals surface area contributed by atoms with Crippen LogP contribution in [0, 0.1) is 11.3 Å². The second kappa shape index (κ2) is 3.76. The van der Waals surface area contributed by atoms with Crippen LogP contribution >= 0.6 is 11.6 Å². The maximum Gasteiger partial charge on any atom is 0.234 e. The first-order valence-electron chi connectivity index (χ1n) is 6.83. The Labute approximate surface area is 119 Å². The average molecular weight is 278 g/mol. The van der Waals surface area contributed by atoms with Crippen molar-refractivity contribution in [2.45, 2.75) is 44.9 Å². The summed E-state index contributed by atoms with van der Waals surface area (Å²) in [5, 5.41) is 2.98. The molecule has 19 heavy (non-hydrogen) atoms. The minimum absolute atomic E-state index is 0.0480. The van der Waals surface area contributed by atoms with Crippen LogP contribution in [0.4, 0.5) is 5.69 Å². The van der Waals surface area contributed by atoms with E-state index in [-0.39, 0.29) is 11.3 Å². The van der Waals surface area contributed by atoms with Gasteiger partial charge in [-0.1, -0.05) is 26.0 Å². The Kier molecular flexibility index (Phi) is 2.57. The van der Waals surface area contributed by atoms with Crippen molar-refractivity contribution in [2.75, 3.05) is 5.32 Å². The third-order valence-corrected chi connectivity index (χ3v) is 5.35. The van der Waals surface area contributed by atoms with E-state index in [0.29, 0.717) is 11.3 Å².